The largest absolute Gasteiger partial charge is 0.477 e. The Morgan fingerprint density at radius 2 is 2.00 bits per heavy atom. The van der Waals surface area contributed by atoms with Gasteiger partial charge in [-0.25, -0.2) is 9.78 Å². The molecular weight excluding hydrogens is 232 g/mol. The maximum atomic E-state index is 10.9. The van der Waals surface area contributed by atoms with Crippen molar-refractivity contribution < 1.29 is 14.6 Å². The molecule has 0 radical (unpaired) electrons. The second-order valence-corrected chi connectivity index (χ2v) is 3.40. The molecule has 0 aliphatic heterocycles. The fraction of sp³-hybridized carbons (Fsp3) is 0. The van der Waals surface area contributed by atoms with Crippen molar-refractivity contribution in [1.82, 2.24) is 4.98 Å². The van der Waals surface area contributed by atoms with Gasteiger partial charge in [0.1, 0.15) is 11.3 Å². The number of hydrogen-bond donors (Lipinski definition) is 1. The number of carbonyl (C=O) groups is 1. The third-order valence-corrected chi connectivity index (χ3v) is 2.20. The summed E-state index contributed by atoms with van der Waals surface area (Å²) in [6.07, 6.45) is 1.45. The molecule has 5 heteroatoms. The lowest BCUT2D eigenvalue weighted by Gasteiger charge is -2.06. The van der Waals surface area contributed by atoms with E-state index in [1.807, 2.05) is 6.07 Å². The Kier molecular flexibility index (Phi) is 3.21. The molecule has 18 heavy (non-hydrogen) atoms. The molecule has 1 heterocycles. The Morgan fingerprint density at radius 3 is 2.61 bits per heavy atom. The second-order valence-electron chi connectivity index (χ2n) is 3.40. The number of rotatable bonds is 3. The van der Waals surface area contributed by atoms with Crippen LogP contribution in [0.15, 0.2) is 42.6 Å². The van der Waals surface area contributed by atoms with E-state index in [2.05, 4.69) is 4.98 Å². The van der Waals surface area contributed by atoms with Crippen LogP contribution < -0.4 is 4.74 Å². The van der Waals surface area contributed by atoms with Gasteiger partial charge in [-0.15, -0.1) is 0 Å². The van der Waals surface area contributed by atoms with E-state index in [1.165, 1.54) is 18.3 Å². The summed E-state index contributed by atoms with van der Waals surface area (Å²) in [5.74, 6) is -0.656. The van der Waals surface area contributed by atoms with Gasteiger partial charge in [-0.3, -0.25) is 0 Å². The minimum absolute atomic E-state index is 0.0122. The highest BCUT2D eigenvalue weighted by Crippen LogP contribution is 2.22. The van der Waals surface area contributed by atoms with Crippen LogP contribution in [-0.2, 0) is 0 Å². The van der Waals surface area contributed by atoms with Crippen molar-refractivity contribution in [3.05, 3.63) is 53.7 Å². The van der Waals surface area contributed by atoms with Gasteiger partial charge in [-0.05, 0) is 36.4 Å². The van der Waals surface area contributed by atoms with Gasteiger partial charge in [-0.1, -0.05) is 0 Å². The van der Waals surface area contributed by atoms with Gasteiger partial charge in [0.05, 0.1) is 11.6 Å². The molecule has 0 amide bonds. The summed E-state index contributed by atoms with van der Waals surface area (Å²) >= 11 is 0. The van der Waals surface area contributed by atoms with Crippen molar-refractivity contribution in [1.29, 1.82) is 5.26 Å². The summed E-state index contributed by atoms with van der Waals surface area (Å²) in [7, 11) is 0. The van der Waals surface area contributed by atoms with Gasteiger partial charge in [-0.2, -0.15) is 5.26 Å². The van der Waals surface area contributed by atoms with Crippen molar-refractivity contribution in [3.8, 4) is 17.7 Å². The molecule has 1 aromatic heterocycles. The van der Waals surface area contributed by atoms with Gasteiger partial charge in [0, 0.05) is 6.20 Å². The summed E-state index contributed by atoms with van der Waals surface area (Å²) in [6.45, 7) is 0. The molecule has 0 aliphatic carbocycles. The normalized spacial score (nSPS) is 9.50. The summed E-state index contributed by atoms with van der Waals surface area (Å²) in [6, 6.07) is 11.2. The number of ether oxygens (including phenoxy) is 1. The minimum Gasteiger partial charge on any atom is -0.477 e. The zero-order valence-electron chi connectivity index (χ0n) is 9.20. The van der Waals surface area contributed by atoms with E-state index in [4.69, 9.17) is 15.1 Å². The Labute approximate surface area is 103 Å². The number of aromatic carboxylic acids is 1. The van der Waals surface area contributed by atoms with Crippen molar-refractivity contribution in [2.24, 2.45) is 0 Å². The third kappa shape index (κ3) is 2.44. The van der Waals surface area contributed by atoms with Crippen molar-refractivity contribution in [2.75, 3.05) is 0 Å². The van der Waals surface area contributed by atoms with Crippen LogP contribution in [0.2, 0.25) is 0 Å². The summed E-state index contributed by atoms with van der Waals surface area (Å²) in [5, 5.41) is 17.6. The maximum Gasteiger partial charge on any atom is 0.341 e. The Bertz CT molecular complexity index is 615. The first kappa shape index (κ1) is 11.6. The first-order valence-electron chi connectivity index (χ1n) is 5.07. The number of carboxylic acid groups (broad SMARTS) is 1. The second kappa shape index (κ2) is 4.97. The van der Waals surface area contributed by atoms with E-state index in [0.29, 0.717) is 11.3 Å². The Hall–Kier alpha value is -2.87. The number of carboxylic acids is 1. The molecule has 88 valence electrons. The average Bonchev–Trinajstić information content (AvgIpc) is 2.40. The SMILES string of the molecule is N#Cc1ccc(Oc2ncccc2C(=O)O)cc1. The summed E-state index contributed by atoms with van der Waals surface area (Å²) < 4.78 is 5.37. The number of aromatic nitrogens is 1. The number of pyridine rings is 1. The highest BCUT2D eigenvalue weighted by molar-refractivity contribution is 5.90. The van der Waals surface area contributed by atoms with Crippen LogP contribution in [0.25, 0.3) is 0 Å². The standard InChI is InChI=1S/C13H8N2O3/c14-8-9-3-5-10(6-4-9)18-12-11(13(16)17)2-1-7-15-12/h1-7H,(H,16,17). The molecule has 0 fully saturated rings. The average molecular weight is 240 g/mol. The predicted molar refractivity (Wildman–Crippen MR) is 62.4 cm³/mol. The van der Waals surface area contributed by atoms with Crippen LogP contribution >= 0.6 is 0 Å². The molecule has 0 spiro atoms. The predicted octanol–water partition coefficient (Wildman–Crippen LogP) is 2.44. The lowest BCUT2D eigenvalue weighted by Crippen LogP contribution is -2.01. The molecule has 2 aromatic rings. The molecule has 0 unspecified atom stereocenters. The number of hydrogen-bond acceptors (Lipinski definition) is 4. The number of nitriles is 1. The van der Waals surface area contributed by atoms with Crippen LogP contribution in [-0.4, -0.2) is 16.1 Å². The third-order valence-electron chi connectivity index (χ3n) is 2.20. The van der Waals surface area contributed by atoms with Crippen molar-refractivity contribution in [2.45, 2.75) is 0 Å². The molecule has 0 saturated carbocycles. The molecule has 1 N–H and O–H groups in total. The summed E-state index contributed by atoms with van der Waals surface area (Å²) in [5.41, 5.74) is 0.490. The lowest BCUT2D eigenvalue weighted by molar-refractivity contribution is 0.0693. The van der Waals surface area contributed by atoms with Crippen LogP contribution in [0, 0.1) is 11.3 Å². The number of nitrogens with zero attached hydrogens (tertiary/aromatic N) is 2. The van der Waals surface area contributed by atoms with Crippen molar-refractivity contribution >= 4 is 5.97 Å². The van der Waals surface area contributed by atoms with E-state index < -0.39 is 5.97 Å². The first-order valence-corrected chi connectivity index (χ1v) is 5.07. The van der Waals surface area contributed by atoms with E-state index in [9.17, 15) is 4.79 Å². The molecule has 0 saturated heterocycles. The number of benzene rings is 1. The smallest absolute Gasteiger partial charge is 0.341 e. The van der Waals surface area contributed by atoms with E-state index >= 15 is 0 Å². The molecule has 5 nitrogen and oxygen atoms in total. The molecule has 2 rings (SSSR count). The van der Waals surface area contributed by atoms with E-state index in [-0.39, 0.29) is 11.4 Å². The van der Waals surface area contributed by atoms with Gasteiger partial charge < -0.3 is 9.84 Å². The molecular formula is C13H8N2O3. The quantitative estimate of drug-likeness (QED) is 0.890. The summed E-state index contributed by atoms with van der Waals surface area (Å²) in [4.78, 5) is 14.8. The monoisotopic (exact) mass is 240 g/mol. The van der Waals surface area contributed by atoms with Crippen molar-refractivity contribution in [3.63, 3.8) is 0 Å². The molecule has 0 bridgehead atoms. The molecule has 0 atom stereocenters. The van der Waals surface area contributed by atoms with Gasteiger partial charge in [0.15, 0.2) is 0 Å². The highest BCUT2D eigenvalue weighted by atomic mass is 16.5. The minimum atomic E-state index is -1.10. The highest BCUT2D eigenvalue weighted by Gasteiger charge is 2.12. The zero-order valence-corrected chi connectivity index (χ0v) is 9.20. The van der Waals surface area contributed by atoms with E-state index in [0.717, 1.165) is 0 Å². The molecule has 0 aliphatic rings. The topological polar surface area (TPSA) is 83.2 Å². The van der Waals surface area contributed by atoms with E-state index in [1.54, 1.807) is 24.3 Å². The van der Waals surface area contributed by atoms with Gasteiger partial charge in [0.25, 0.3) is 0 Å². The fourth-order valence-electron chi connectivity index (χ4n) is 1.34. The van der Waals surface area contributed by atoms with Crippen LogP contribution in [0.4, 0.5) is 0 Å². The first-order chi connectivity index (χ1) is 8.70. The molecule has 1 aromatic carbocycles. The maximum absolute atomic E-state index is 10.9. The van der Waals surface area contributed by atoms with Crippen LogP contribution in [0.1, 0.15) is 15.9 Å². The van der Waals surface area contributed by atoms with Crippen LogP contribution in [0.5, 0.6) is 11.6 Å². The lowest BCUT2D eigenvalue weighted by atomic mass is 10.2. The Balaban J connectivity index is 2.28. The van der Waals surface area contributed by atoms with Crippen LogP contribution in [0.3, 0.4) is 0 Å². The fourth-order valence-corrected chi connectivity index (χ4v) is 1.34. The zero-order chi connectivity index (χ0) is 13.0. The van der Waals surface area contributed by atoms with Gasteiger partial charge >= 0.3 is 5.97 Å². The Morgan fingerprint density at radius 1 is 1.28 bits per heavy atom. The van der Waals surface area contributed by atoms with Gasteiger partial charge in [0.2, 0.25) is 5.88 Å².